The highest BCUT2D eigenvalue weighted by atomic mass is 35.7. The van der Waals surface area contributed by atoms with Gasteiger partial charge in [-0.2, -0.15) is 0 Å². The second kappa shape index (κ2) is 6.35. The highest BCUT2D eigenvalue weighted by Crippen LogP contribution is 2.22. The lowest BCUT2D eigenvalue weighted by molar-refractivity contribution is -0.106. The van der Waals surface area contributed by atoms with Crippen LogP contribution in [0.25, 0.3) is 0 Å². The molecule has 0 amide bonds. The van der Waals surface area contributed by atoms with Gasteiger partial charge in [-0.15, -0.1) is 0 Å². The maximum absolute atomic E-state index is 10.9. The molecule has 0 aliphatic rings. The number of halogens is 1. The molecule has 6 heteroatoms. The van der Waals surface area contributed by atoms with E-state index >= 15 is 0 Å². The van der Waals surface area contributed by atoms with E-state index in [9.17, 15) is 8.42 Å². The molecule has 0 N–H and O–H groups in total. The third-order valence-corrected chi connectivity index (χ3v) is 3.51. The van der Waals surface area contributed by atoms with Gasteiger partial charge < -0.3 is 9.47 Å². The average Bonchev–Trinajstić information content (AvgIpc) is 2.28. The molecule has 0 aliphatic carbocycles. The lowest BCUT2D eigenvalue weighted by Gasteiger charge is -2.17. The number of benzene rings is 1. The molecular weight excluding hydrogens is 264 g/mol. The predicted molar refractivity (Wildman–Crippen MR) is 66.5 cm³/mol. The molecule has 0 bridgehead atoms. The fraction of sp³-hybridized carbons (Fsp3) is 0.455. The third kappa shape index (κ3) is 4.63. The van der Waals surface area contributed by atoms with Gasteiger partial charge >= 0.3 is 0 Å². The maximum atomic E-state index is 10.9. The van der Waals surface area contributed by atoms with Crippen LogP contribution in [0.1, 0.15) is 17.4 Å². The van der Waals surface area contributed by atoms with Crippen molar-refractivity contribution >= 4 is 19.7 Å². The Morgan fingerprint density at radius 3 is 2.35 bits per heavy atom. The quantitative estimate of drug-likeness (QED) is 0.591. The Kier molecular flexibility index (Phi) is 5.39. The van der Waals surface area contributed by atoms with Crippen LogP contribution in [0.4, 0.5) is 0 Å². The van der Waals surface area contributed by atoms with Crippen molar-refractivity contribution in [2.24, 2.45) is 0 Å². The van der Waals surface area contributed by atoms with Crippen LogP contribution >= 0.6 is 10.7 Å². The van der Waals surface area contributed by atoms with Gasteiger partial charge in [-0.3, -0.25) is 0 Å². The molecule has 1 aromatic rings. The Bertz CT molecular complexity index is 454. The van der Waals surface area contributed by atoms with E-state index in [0.29, 0.717) is 6.42 Å². The van der Waals surface area contributed by atoms with Crippen molar-refractivity contribution in [2.75, 3.05) is 20.0 Å². The molecule has 4 nitrogen and oxygen atoms in total. The minimum Gasteiger partial charge on any atom is -0.352 e. The fourth-order valence-electron chi connectivity index (χ4n) is 1.57. The second-order valence-corrected chi connectivity index (χ2v) is 6.39. The minimum absolute atomic E-state index is 0.105. The number of hydrogen-bond donors (Lipinski definition) is 0. The van der Waals surface area contributed by atoms with Crippen molar-refractivity contribution in [1.82, 2.24) is 0 Å². The van der Waals surface area contributed by atoms with E-state index in [-0.39, 0.29) is 5.75 Å². The summed E-state index contributed by atoms with van der Waals surface area (Å²) in [4.78, 5) is 0. The summed E-state index contributed by atoms with van der Waals surface area (Å²) in [5.41, 5.74) is 1.67. The van der Waals surface area contributed by atoms with Crippen LogP contribution in [0.15, 0.2) is 24.3 Å². The lowest BCUT2D eigenvalue weighted by atomic mass is 10.1. The molecule has 0 atom stereocenters. The summed E-state index contributed by atoms with van der Waals surface area (Å²) in [6.07, 6.45) is -0.158. The summed E-state index contributed by atoms with van der Waals surface area (Å²) in [7, 11) is 4.77. The van der Waals surface area contributed by atoms with E-state index in [4.69, 9.17) is 20.2 Å². The normalized spacial score (nSPS) is 12.0. The molecule has 0 heterocycles. The average molecular weight is 279 g/mol. The van der Waals surface area contributed by atoms with E-state index in [2.05, 4.69) is 0 Å². The van der Waals surface area contributed by atoms with Crippen LogP contribution in [0.5, 0.6) is 0 Å². The third-order valence-electron chi connectivity index (χ3n) is 2.35. The zero-order valence-electron chi connectivity index (χ0n) is 9.72. The molecule has 0 aromatic heterocycles. The number of ether oxygens (including phenoxy) is 2. The Morgan fingerprint density at radius 1 is 1.24 bits per heavy atom. The van der Waals surface area contributed by atoms with Crippen LogP contribution in [0.3, 0.4) is 0 Å². The van der Waals surface area contributed by atoms with Crippen LogP contribution in [-0.2, 0) is 24.9 Å². The van der Waals surface area contributed by atoms with Gasteiger partial charge in [-0.1, -0.05) is 24.3 Å². The monoisotopic (exact) mass is 278 g/mol. The van der Waals surface area contributed by atoms with Gasteiger partial charge in [0.05, 0.1) is 5.75 Å². The minimum atomic E-state index is -3.49. The van der Waals surface area contributed by atoms with Gasteiger partial charge in [0.2, 0.25) is 9.05 Å². The zero-order chi connectivity index (χ0) is 12.9. The second-order valence-electron chi connectivity index (χ2n) is 3.50. The Balaban J connectivity index is 2.91. The largest absolute Gasteiger partial charge is 0.352 e. The van der Waals surface area contributed by atoms with E-state index in [1.54, 1.807) is 0 Å². The summed E-state index contributed by atoms with van der Waals surface area (Å²) < 4.78 is 32.2. The molecule has 0 unspecified atom stereocenters. The molecule has 96 valence electrons. The smallest absolute Gasteiger partial charge is 0.232 e. The van der Waals surface area contributed by atoms with Gasteiger partial charge in [0.15, 0.2) is 6.29 Å². The van der Waals surface area contributed by atoms with Crippen LogP contribution in [0.2, 0.25) is 0 Å². The first kappa shape index (κ1) is 14.4. The number of rotatable bonds is 6. The summed E-state index contributed by atoms with van der Waals surface area (Å²) in [6.45, 7) is 0. The van der Waals surface area contributed by atoms with Crippen molar-refractivity contribution < 1.29 is 17.9 Å². The van der Waals surface area contributed by atoms with Crippen molar-refractivity contribution in [3.05, 3.63) is 35.4 Å². The summed E-state index contributed by atoms with van der Waals surface area (Å²) in [6, 6.07) is 7.36. The Hall–Kier alpha value is -0.620. The molecular formula is C11H15ClO4S. The van der Waals surface area contributed by atoms with Gasteiger partial charge in [-0.25, -0.2) is 8.42 Å². The molecule has 1 aromatic carbocycles. The van der Waals surface area contributed by atoms with Crippen molar-refractivity contribution in [1.29, 1.82) is 0 Å². The Morgan fingerprint density at radius 2 is 1.82 bits per heavy atom. The summed E-state index contributed by atoms with van der Waals surface area (Å²) >= 11 is 0. The summed E-state index contributed by atoms with van der Waals surface area (Å²) in [5.74, 6) is -0.105. The standard InChI is InChI=1S/C11H15ClO4S/c1-15-11(16-2)10-6-4-3-5-9(10)7-8-17(12,13)14/h3-6,11H,7-8H2,1-2H3. The van der Waals surface area contributed by atoms with E-state index in [1.165, 1.54) is 14.2 Å². The van der Waals surface area contributed by atoms with Crippen LogP contribution < -0.4 is 0 Å². The molecule has 0 aliphatic heterocycles. The molecule has 0 radical (unpaired) electrons. The van der Waals surface area contributed by atoms with E-state index < -0.39 is 15.3 Å². The lowest BCUT2D eigenvalue weighted by Crippen LogP contribution is -2.09. The van der Waals surface area contributed by atoms with Gasteiger partial charge in [-0.05, 0) is 12.0 Å². The first-order valence-electron chi connectivity index (χ1n) is 5.03. The van der Waals surface area contributed by atoms with Crippen LogP contribution in [0, 0.1) is 0 Å². The molecule has 0 saturated carbocycles. The topological polar surface area (TPSA) is 52.6 Å². The zero-order valence-corrected chi connectivity index (χ0v) is 11.3. The highest BCUT2D eigenvalue weighted by molar-refractivity contribution is 8.13. The fourth-order valence-corrected chi connectivity index (χ4v) is 2.27. The van der Waals surface area contributed by atoms with Crippen molar-refractivity contribution in [3.63, 3.8) is 0 Å². The predicted octanol–water partition coefficient (Wildman–Crippen LogP) is 2.09. The highest BCUT2D eigenvalue weighted by Gasteiger charge is 2.15. The maximum Gasteiger partial charge on any atom is 0.232 e. The number of aryl methyl sites for hydroxylation is 1. The molecule has 1 rings (SSSR count). The van der Waals surface area contributed by atoms with Gasteiger partial charge in [0.1, 0.15) is 0 Å². The first-order valence-corrected chi connectivity index (χ1v) is 7.51. The molecule has 0 spiro atoms. The molecule has 0 saturated heterocycles. The number of hydrogen-bond acceptors (Lipinski definition) is 4. The van der Waals surface area contributed by atoms with Crippen molar-refractivity contribution in [2.45, 2.75) is 12.7 Å². The molecule has 17 heavy (non-hydrogen) atoms. The SMILES string of the molecule is COC(OC)c1ccccc1CCS(=O)(=O)Cl. The number of methoxy groups -OCH3 is 2. The van der Waals surface area contributed by atoms with Gasteiger partial charge in [0.25, 0.3) is 0 Å². The Labute approximate surface area is 106 Å². The van der Waals surface area contributed by atoms with Crippen molar-refractivity contribution in [3.8, 4) is 0 Å². The van der Waals surface area contributed by atoms with E-state index in [0.717, 1.165) is 11.1 Å². The van der Waals surface area contributed by atoms with E-state index in [1.807, 2.05) is 24.3 Å². The summed E-state index contributed by atoms with van der Waals surface area (Å²) in [5, 5.41) is 0. The molecule has 0 fully saturated rings. The van der Waals surface area contributed by atoms with Gasteiger partial charge in [0, 0.05) is 30.5 Å². The van der Waals surface area contributed by atoms with Crippen LogP contribution in [-0.4, -0.2) is 28.4 Å². The first-order chi connectivity index (χ1) is 7.98.